The van der Waals surface area contributed by atoms with Crippen LogP contribution in [0, 0.1) is 0 Å². The SMILES string of the molecule is CN1CCC2c3ccccc3C(c3ccc(N)cc3)CC21. The van der Waals surface area contributed by atoms with Gasteiger partial charge in [0.15, 0.2) is 0 Å². The van der Waals surface area contributed by atoms with Crippen molar-refractivity contribution < 1.29 is 0 Å². The van der Waals surface area contributed by atoms with E-state index in [1.807, 2.05) is 12.1 Å². The lowest BCUT2D eigenvalue weighted by Gasteiger charge is -2.37. The van der Waals surface area contributed by atoms with Gasteiger partial charge in [-0.15, -0.1) is 0 Å². The topological polar surface area (TPSA) is 29.3 Å². The Hall–Kier alpha value is -1.80. The summed E-state index contributed by atoms with van der Waals surface area (Å²) < 4.78 is 0. The van der Waals surface area contributed by atoms with E-state index in [0.717, 1.165) is 11.6 Å². The zero-order valence-corrected chi connectivity index (χ0v) is 12.5. The van der Waals surface area contributed by atoms with Crippen molar-refractivity contribution in [2.75, 3.05) is 19.3 Å². The second kappa shape index (κ2) is 4.88. The van der Waals surface area contributed by atoms with Crippen molar-refractivity contribution in [1.29, 1.82) is 0 Å². The first kappa shape index (κ1) is 12.9. The standard InChI is InChI=1S/C19H22N2/c1-21-11-10-17-15-4-2-3-5-16(15)18(12-19(17)21)13-6-8-14(20)9-7-13/h2-9,17-19H,10-12,20H2,1H3. The van der Waals surface area contributed by atoms with E-state index in [1.165, 1.54) is 30.5 Å². The molecule has 4 rings (SSSR count). The number of likely N-dealkylation sites (N-methyl/N-ethyl adjacent to an activating group) is 1. The summed E-state index contributed by atoms with van der Waals surface area (Å²) >= 11 is 0. The summed E-state index contributed by atoms with van der Waals surface area (Å²) in [6, 6.07) is 18.2. The van der Waals surface area contributed by atoms with E-state index in [4.69, 9.17) is 5.73 Å². The van der Waals surface area contributed by atoms with Crippen LogP contribution in [-0.4, -0.2) is 24.5 Å². The van der Waals surface area contributed by atoms with Gasteiger partial charge in [-0.05, 0) is 55.3 Å². The highest BCUT2D eigenvalue weighted by molar-refractivity contribution is 5.47. The maximum Gasteiger partial charge on any atom is 0.0314 e. The van der Waals surface area contributed by atoms with Crippen LogP contribution in [-0.2, 0) is 0 Å². The molecule has 0 radical (unpaired) electrons. The maximum atomic E-state index is 5.85. The number of anilines is 1. The Bertz CT molecular complexity index is 647. The molecule has 2 heteroatoms. The van der Waals surface area contributed by atoms with Crippen molar-refractivity contribution in [3.8, 4) is 0 Å². The van der Waals surface area contributed by atoms with E-state index in [0.29, 0.717) is 12.0 Å². The Morgan fingerprint density at radius 2 is 1.71 bits per heavy atom. The highest BCUT2D eigenvalue weighted by Crippen LogP contribution is 2.47. The highest BCUT2D eigenvalue weighted by atomic mass is 15.2. The minimum atomic E-state index is 0.503. The quantitative estimate of drug-likeness (QED) is 0.808. The Morgan fingerprint density at radius 1 is 1.00 bits per heavy atom. The smallest absolute Gasteiger partial charge is 0.0314 e. The van der Waals surface area contributed by atoms with Gasteiger partial charge in [-0.3, -0.25) is 0 Å². The van der Waals surface area contributed by atoms with Crippen LogP contribution in [0.25, 0.3) is 0 Å². The molecule has 2 aromatic rings. The van der Waals surface area contributed by atoms with Crippen molar-refractivity contribution in [2.24, 2.45) is 0 Å². The number of hydrogen-bond acceptors (Lipinski definition) is 2. The van der Waals surface area contributed by atoms with E-state index in [9.17, 15) is 0 Å². The molecule has 2 N–H and O–H groups in total. The largest absolute Gasteiger partial charge is 0.399 e. The molecule has 1 aliphatic heterocycles. The second-order valence-electron chi connectivity index (χ2n) is 6.53. The van der Waals surface area contributed by atoms with E-state index in [1.54, 1.807) is 5.56 Å². The number of likely N-dealkylation sites (tertiary alicyclic amines) is 1. The Labute approximate surface area is 126 Å². The third-order valence-corrected chi connectivity index (χ3v) is 5.41. The minimum Gasteiger partial charge on any atom is -0.399 e. The molecule has 0 spiro atoms. The molecular weight excluding hydrogens is 256 g/mol. The Kier molecular flexibility index (Phi) is 3.00. The minimum absolute atomic E-state index is 0.503. The second-order valence-corrected chi connectivity index (χ2v) is 6.53. The number of rotatable bonds is 1. The van der Waals surface area contributed by atoms with Crippen molar-refractivity contribution >= 4 is 5.69 Å². The number of nitrogen functional groups attached to an aromatic ring is 1. The molecule has 2 aliphatic rings. The van der Waals surface area contributed by atoms with E-state index < -0.39 is 0 Å². The highest BCUT2D eigenvalue weighted by Gasteiger charge is 2.40. The van der Waals surface area contributed by atoms with Gasteiger partial charge >= 0.3 is 0 Å². The lowest BCUT2D eigenvalue weighted by atomic mass is 9.71. The Balaban J connectivity index is 1.81. The average Bonchev–Trinajstić information content (AvgIpc) is 2.89. The number of fused-ring (bicyclic) bond motifs is 3. The van der Waals surface area contributed by atoms with Crippen LogP contribution in [0.5, 0.6) is 0 Å². The van der Waals surface area contributed by atoms with Crippen LogP contribution < -0.4 is 5.73 Å². The van der Waals surface area contributed by atoms with Gasteiger partial charge < -0.3 is 10.6 Å². The number of benzene rings is 2. The van der Waals surface area contributed by atoms with Crippen LogP contribution in [0.2, 0.25) is 0 Å². The van der Waals surface area contributed by atoms with Crippen molar-refractivity contribution in [3.63, 3.8) is 0 Å². The summed E-state index contributed by atoms with van der Waals surface area (Å²) in [6.07, 6.45) is 2.52. The van der Waals surface area contributed by atoms with Gasteiger partial charge in [-0.25, -0.2) is 0 Å². The van der Waals surface area contributed by atoms with E-state index in [-0.39, 0.29) is 0 Å². The first-order chi connectivity index (χ1) is 10.2. The first-order valence-electron chi connectivity index (χ1n) is 7.88. The van der Waals surface area contributed by atoms with Crippen LogP contribution in [0.15, 0.2) is 48.5 Å². The van der Waals surface area contributed by atoms with Crippen molar-refractivity contribution in [1.82, 2.24) is 4.90 Å². The zero-order chi connectivity index (χ0) is 14.4. The van der Waals surface area contributed by atoms with Gasteiger partial charge in [0, 0.05) is 23.6 Å². The van der Waals surface area contributed by atoms with Crippen LogP contribution >= 0.6 is 0 Å². The van der Waals surface area contributed by atoms with Gasteiger partial charge in [0.1, 0.15) is 0 Å². The molecule has 0 amide bonds. The summed E-state index contributed by atoms with van der Waals surface area (Å²) in [4.78, 5) is 2.55. The fourth-order valence-electron chi connectivity index (χ4n) is 4.29. The first-order valence-corrected chi connectivity index (χ1v) is 7.88. The van der Waals surface area contributed by atoms with Gasteiger partial charge in [0.05, 0.1) is 0 Å². The van der Waals surface area contributed by atoms with Gasteiger partial charge in [0.25, 0.3) is 0 Å². The molecule has 1 saturated heterocycles. The molecule has 2 nitrogen and oxygen atoms in total. The average molecular weight is 278 g/mol. The molecule has 3 atom stereocenters. The van der Waals surface area contributed by atoms with Gasteiger partial charge in [-0.1, -0.05) is 36.4 Å². The molecule has 0 aromatic heterocycles. The fraction of sp³-hybridized carbons (Fsp3) is 0.368. The number of nitrogens with zero attached hydrogens (tertiary/aromatic N) is 1. The normalized spacial score (nSPS) is 28.1. The predicted octanol–water partition coefficient (Wildman–Crippen LogP) is 3.59. The van der Waals surface area contributed by atoms with Crippen LogP contribution in [0.4, 0.5) is 5.69 Å². The summed E-state index contributed by atoms with van der Waals surface area (Å²) in [5.74, 6) is 1.22. The molecule has 2 aromatic carbocycles. The fourth-order valence-corrected chi connectivity index (χ4v) is 4.29. The van der Waals surface area contributed by atoms with Gasteiger partial charge in [0.2, 0.25) is 0 Å². The Morgan fingerprint density at radius 3 is 2.48 bits per heavy atom. The third kappa shape index (κ3) is 2.06. The number of hydrogen-bond donors (Lipinski definition) is 1. The van der Waals surface area contributed by atoms with Crippen molar-refractivity contribution in [2.45, 2.75) is 30.7 Å². The zero-order valence-electron chi connectivity index (χ0n) is 12.5. The lowest BCUT2D eigenvalue weighted by molar-refractivity contribution is 0.265. The lowest BCUT2D eigenvalue weighted by Crippen LogP contribution is -2.34. The van der Waals surface area contributed by atoms with E-state index in [2.05, 4.69) is 48.3 Å². The molecule has 1 fully saturated rings. The predicted molar refractivity (Wildman–Crippen MR) is 87.5 cm³/mol. The maximum absolute atomic E-state index is 5.85. The van der Waals surface area contributed by atoms with E-state index >= 15 is 0 Å². The summed E-state index contributed by atoms with van der Waals surface area (Å²) in [6.45, 7) is 1.22. The third-order valence-electron chi connectivity index (χ3n) is 5.41. The molecule has 108 valence electrons. The summed E-state index contributed by atoms with van der Waals surface area (Å²) in [5.41, 5.74) is 11.2. The molecular formula is C19H22N2. The molecule has 0 saturated carbocycles. The van der Waals surface area contributed by atoms with Crippen LogP contribution in [0.3, 0.4) is 0 Å². The monoisotopic (exact) mass is 278 g/mol. The molecule has 1 heterocycles. The van der Waals surface area contributed by atoms with Gasteiger partial charge in [-0.2, -0.15) is 0 Å². The molecule has 3 unspecified atom stereocenters. The number of nitrogens with two attached hydrogens (primary N) is 1. The summed E-state index contributed by atoms with van der Waals surface area (Å²) in [7, 11) is 2.28. The summed E-state index contributed by atoms with van der Waals surface area (Å²) in [5, 5.41) is 0. The molecule has 21 heavy (non-hydrogen) atoms. The van der Waals surface area contributed by atoms with Crippen molar-refractivity contribution in [3.05, 3.63) is 65.2 Å². The molecule has 0 bridgehead atoms. The molecule has 1 aliphatic carbocycles. The van der Waals surface area contributed by atoms with Crippen LogP contribution in [0.1, 0.15) is 41.4 Å².